The van der Waals surface area contributed by atoms with Crippen LogP contribution in [0.25, 0.3) is 0 Å². The number of Topliss-reactive ketones (excluding diaryl/α,β-unsaturated/α-hetero) is 1. The van der Waals surface area contributed by atoms with Crippen molar-refractivity contribution in [1.82, 2.24) is 9.88 Å². The number of thiazole rings is 1. The van der Waals surface area contributed by atoms with Crippen molar-refractivity contribution in [2.75, 3.05) is 28.4 Å². The van der Waals surface area contributed by atoms with Gasteiger partial charge in [-0.1, -0.05) is 37.6 Å². The molecule has 0 amide bonds. The number of fused-ring (bicyclic) bond motifs is 8. The number of hydrogen-bond acceptors (Lipinski definition) is 13. The summed E-state index contributed by atoms with van der Waals surface area (Å²) in [5.41, 5.74) is 2.56. The van der Waals surface area contributed by atoms with E-state index in [0.29, 0.717) is 42.8 Å². The monoisotopic (exact) mass is 930 g/mol. The van der Waals surface area contributed by atoms with Crippen LogP contribution in [0, 0.1) is 36.4 Å². The molecule has 15 heteroatoms. The molecule has 0 spiro atoms. The summed E-state index contributed by atoms with van der Waals surface area (Å²) in [6, 6.07) is 4.61. The molecule has 12 nitrogen and oxygen atoms in total. The maximum atomic E-state index is 15.2. The zero-order valence-electron chi connectivity index (χ0n) is 38.8. The highest BCUT2D eigenvalue weighted by Crippen LogP contribution is 2.62. The van der Waals surface area contributed by atoms with Crippen LogP contribution in [0.2, 0.25) is 5.02 Å². The molecule has 4 fully saturated rings. The number of methoxy groups -OCH3 is 3. The van der Waals surface area contributed by atoms with Crippen molar-refractivity contribution in [2.24, 2.45) is 23.7 Å². The number of halogens is 2. The number of allylic oxidation sites excluding steroid dienone is 2. The minimum Gasteiger partial charge on any atom is -0.462 e. The van der Waals surface area contributed by atoms with Gasteiger partial charge >= 0.3 is 5.97 Å². The summed E-state index contributed by atoms with van der Waals surface area (Å²) in [6.45, 7) is 10.7. The molecule has 1 saturated carbocycles. The van der Waals surface area contributed by atoms with Crippen LogP contribution >= 0.6 is 22.9 Å². The highest BCUT2D eigenvalue weighted by atomic mass is 35.5. The molecule has 0 bridgehead atoms. The van der Waals surface area contributed by atoms with E-state index >= 15 is 4.79 Å². The largest absolute Gasteiger partial charge is 0.462 e. The smallest absolute Gasteiger partial charge is 0.306 e. The highest BCUT2D eigenvalue weighted by molar-refractivity contribution is 7.11. The van der Waals surface area contributed by atoms with Gasteiger partial charge < -0.3 is 37.9 Å². The maximum absolute atomic E-state index is 15.2. The van der Waals surface area contributed by atoms with Gasteiger partial charge in [-0.15, -0.1) is 11.3 Å². The van der Waals surface area contributed by atoms with Gasteiger partial charge in [-0.2, -0.15) is 0 Å². The number of benzene rings is 1. The summed E-state index contributed by atoms with van der Waals surface area (Å²) in [5.74, 6) is -1.26. The van der Waals surface area contributed by atoms with Crippen LogP contribution in [0.15, 0.2) is 29.8 Å². The second-order valence-electron chi connectivity index (χ2n) is 19.2. The first-order valence-corrected chi connectivity index (χ1v) is 24.7. The third-order valence-corrected chi connectivity index (χ3v) is 16.8. The number of likely N-dealkylation sites (N-methyl/N-ethyl adjacent to an activating group) is 1. The Kier molecular flexibility index (Phi) is 15.4. The van der Waals surface area contributed by atoms with Crippen LogP contribution in [-0.2, 0) is 54.0 Å². The SMILES string of the molecule is CC[C@H]1CCC[C@H](O[C@H]2CC[C@H](N(C)Cc3ccc(F)cc3Cl)C(C)O2)[C@@H](C)C(=O)C2=C[C@H]3[C@@H]4C[C@H](O[C@@H]5OC(C)[C@H](OC)C(OC)C5OC)C[C@H]4c4sc(C)nc4[C@H]3[C@@H]2CC(=O)O1. The lowest BCUT2D eigenvalue weighted by atomic mass is 9.67. The number of ether oxygens (including phenoxy) is 8. The minimum atomic E-state index is -0.652. The van der Waals surface area contributed by atoms with Crippen molar-refractivity contribution in [3.8, 4) is 0 Å². The average Bonchev–Trinajstić information content (AvgIpc) is 3.97. The number of hydrogen-bond donors (Lipinski definition) is 0. The molecule has 17 atom stereocenters. The van der Waals surface area contributed by atoms with E-state index in [2.05, 4.69) is 24.8 Å². The Hall–Kier alpha value is -2.37. The van der Waals surface area contributed by atoms with E-state index in [9.17, 15) is 9.18 Å². The van der Waals surface area contributed by atoms with Crippen LogP contribution in [0.4, 0.5) is 4.39 Å². The van der Waals surface area contributed by atoms with Gasteiger partial charge in [0, 0.05) is 67.5 Å². The molecular formula is C49H68ClFN2O10S. The quantitative estimate of drug-likeness (QED) is 0.200. The standard InChI is InChI=1S/C49H68ClFN2O10S/c1-10-30-12-11-13-39(63-41-17-16-38(25(3)59-41)53(6)23-28-14-15-29(51)18-37(28)50)24(2)44(55)35-21-33-32-19-31(62-49-47(58-9)46(57-8)45(56-7)26(4)60-49)20-36(32)48-43(52-27(5)64-48)42(33)34(35)22-40(54)61-30/h14-15,18,21,24-26,30-34,36,38-39,41-42,45-47,49H,10-13,16-17,19-20,22-23H2,1-9H3/t24-,25?,26?,30+,31+,32+,33+,34-,36-,38+,39+,41+,42-,45+,46?,47?,49+/m1/s1. The molecule has 3 aliphatic heterocycles. The number of aryl methyl sites for hydroxylation is 1. The summed E-state index contributed by atoms with van der Waals surface area (Å²) in [5, 5.41) is 1.38. The molecule has 1 aromatic heterocycles. The Morgan fingerprint density at radius 2 is 1.70 bits per heavy atom. The summed E-state index contributed by atoms with van der Waals surface area (Å²) < 4.78 is 64.2. The van der Waals surface area contributed by atoms with E-state index in [-0.39, 0.29) is 96.2 Å². The van der Waals surface area contributed by atoms with Gasteiger partial charge in [0.1, 0.15) is 30.2 Å². The predicted molar refractivity (Wildman–Crippen MR) is 240 cm³/mol. The number of carbonyl (C=O) groups is 2. The zero-order valence-corrected chi connectivity index (χ0v) is 40.4. The van der Waals surface area contributed by atoms with Crippen molar-refractivity contribution in [1.29, 1.82) is 0 Å². The van der Waals surface area contributed by atoms with Gasteiger partial charge in [-0.3, -0.25) is 14.5 Å². The number of ketones is 1. The van der Waals surface area contributed by atoms with E-state index in [0.717, 1.165) is 41.9 Å². The normalized spacial score (nSPS) is 39.2. The van der Waals surface area contributed by atoms with Crippen molar-refractivity contribution in [3.63, 3.8) is 0 Å². The first kappa shape index (κ1) is 48.1. The average molecular weight is 932 g/mol. The molecule has 1 aromatic carbocycles. The molecule has 6 aliphatic rings. The van der Waals surface area contributed by atoms with E-state index in [1.165, 1.54) is 17.0 Å². The zero-order chi connectivity index (χ0) is 45.6. The predicted octanol–water partition coefficient (Wildman–Crippen LogP) is 8.69. The molecule has 2 aromatic rings. The molecule has 8 rings (SSSR count). The Bertz CT molecular complexity index is 2000. The molecule has 354 valence electrons. The molecular weight excluding hydrogens is 863 g/mol. The third kappa shape index (κ3) is 9.67. The number of cyclic esters (lactones) is 1. The van der Waals surface area contributed by atoms with Crippen LogP contribution < -0.4 is 0 Å². The Morgan fingerprint density at radius 1 is 0.938 bits per heavy atom. The number of rotatable bonds is 11. The van der Waals surface area contributed by atoms with Crippen LogP contribution in [0.5, 0.6) is 0 Å². The first-order valence-electron chi connectivity index (χ1n) is 23.5. The van der Waals surface area contributed by atoms with Gasteiger partial charge in [0.25, 0.3) is 0 Å². The van der Waals surface area contributed by atoms with Crippen LogP contribution in [0.1, 0.15) is 118 Å². The Labute approximate surface area is 387 Å². The highest BCUT2D eigenvalue weighted by Gasteiger charge is 2.57. The van der Waals surface area contributed by atoms with E-state index in [1.807, 2.05) is 27.8 Å². The van der Waals surface area contributed by atoms with Crippen molar-refractivity contribution in [3.05, 3.63) is 61.8 Å². The summed E-state index contributed by atoms with van der Waals surface area (Å²) in [7, 11) is 6.99. The molecule has 0 radical (unpaired) electrons. The van der Waals surface area contributed by atoms with Gasteiger partial charge in [0.15, 0.2) is 18.4 Å². The van der Waals surface area contributed by atoms with E-state index in [1.54, 1.807) is 38.7 Å². The van der Waals surface area contributed by atoms with E-state index < -0.39 is 30.7 Å². The lowest BCUT2D eigenvalue weighted by molar-refractivity contribution is -0.314. The number of aromatic nitrogens is 1. The molecule has 4 unspecified atom stereocenters. The molecule has 3 saturated heterocycles. The number of carbonyl (C=O) groups excluding carboxylic acids is 2. The summed E-state index contributed by atoms with van der Waals surface area (Å²) in [4.78, 5) is 37.7. The number of nitrogens with zero attached hydrogens (tertiary/aromatic N) is 2. The van der Waals surface area contributed by atoms with Crippen LogP contribution in [0.3, 0.4) is 0 Å². The third-order valence-electron chi connectivity index (χ3n) is 15.3. The fraction of sp³-hybridized carbons (Fsp3) is 0.735. The Balaban J connectivity index is 1.03. The van der Waals surface area contributed by atoms with Gasteiger partial charge in [0.05, 0.1) is 41.5 Å². The van der Waals surface area contributed by atoms with Crippen molar-refractivity contribution in [2.45, 2.75) is 178 Å². The molecule has 3 aliphatic carbocycles. The van der Waals surface area contributed by atoms with E-state index in [4.69, 9.17) is 54.5 Å². The first-order chi connectivity index (χ1) is 30.7. The molecule has 0 N–H and O–H groups in total. The summed E-state index contributed by atoms with van der Waals surface area (Å²) >= 11 is 8.11. The minimum absolute atomic E-state index is 0.0155. The molecule has 4 heterocycles. The van der Waals surface area contributed by atoms with Gasteiger partial charge in [0.2, 0.25) is 0 Å². The van der Waals surface area contributed by atoms with Gasteiger partial charge in [-0.25, -0.2) is 9.37 Å². The Morgan fingerprint density at radius 3 is 2.41 bits per heavy atom. The maximum Gasteiger partial charge on any atom is 0.306 e. The topological polar surface area (TPSA) is 124 Å². The second-order valence-corrected chi connectivity index (χ2v) is 20.8. The van der Waals surface area contributed by atoms with Crippen molar-refractivity contribution >= 4 is 34.7 Å². The van der Waals surface area contributed by atoms with Gasteiger partial charge in [-0.05, 0) is 114 Å². The fourth-order valence-electron chi connectivity index (χ4n) is 12.1. The van der Waals surface area contributed by atoms with Crippen molar-refractivity contribution < 1.29 is 51.9 Å². The van der Waals surface area contributed by atoms with Crippen LogP contribution in [-0.4, -0.2) is 117 Å². The fourth-order valence-corrected chi connectivity index (χ4v) is 13.5. The lowest BCUT2D eigenvalue weighted by Gasteiger charge is -2.44. The molecule has 64 heavy (non-hydrogen) atoms. The summed E-state index contributed by atoms with van der Waals surface area (Å²) in [6.07, 6.45) is 4.61. The number of esters is 1. The second kappa shape index (κ2) is 20.5. The lowest BCUT2D eigenvalue weighted by Crippen LogP contribution is -2.59.